The molecule has 108 valence electrons. The molecule has 0 saturated carbocycles. The lowest BCUT2D eigenvalue weighted by atomic mass is 10.0. The van der Waals surface area contributed by atoms with E-state index >= 15 is 0 Å². The summed E-state index contributed by atoms with van der Waals surface area (Å²) in [6, 6.07) is 8.24. The molecule has 0 radical (unpaired) electrons. The number of pyridine rings is 1. The first-order valence-electron chi connectivity index (χ1n) is 6.87. The van der Waals surface area contributed by atoms with Gasteiger partial charge in [0, 0.05) is 12.3 Å². The van der Waals surface area contributed by atoms with E-state index < -0.39 is 0 Å². The lowest BCUT2D eigenvalue weighted by molar-refractivity contribution is -0.327. The Morgan fingerprint density at radius 2 is 2.05 bits per heavy atom. The molecule has 21 heavy (non-hydrogen) atoms. The van der Waals surface area contributed by atoms with Crippen molar-refractivity contribution in [2.24, 2.45) is 0 Å². The van der Waals surface area contributed by atoms with Crippen molar-refractivity contribution in [1.82, 2.24) is 5.32 Å². The van der Waals surface area contributed by atoms with Gasteiger partial charge in [-0.15, -0.1) is 0 Å². The summed E-state index contributed by atoms with van der Waals surface area (Å²) in [6.45, 7) is 6.63. The lowest BCUT2D eigenvalue weighted by Crippen LogP contribution is -2.28. The van der Waals surface area contributed by atoms with Gasteiger partial charge >= 0.3 is 0 Å². The minimum atomic E-state index is -0.0638. The maximum atomic E-state index is 10.8. The summed E-state index contributed by atoms with van der Waals surface area (Å²) in [4.78, 5) is 14.1. The second kappa shape index (κ2) is 6.23. The quantitative estimate of drug-likeness (QED) is 0.838. The number of nitrogens with zero attached hydrogens (tertiary/aromatic N) is 1. The number of carbonyl (C=O) groups is 1. The van der Waals surface area contributed by atoms with Gasteiger partial charge in [-0.3, -0.25) is 10.1 Å². The van der Waals surface area contributed by atoms with Gasteiger partial charge in [0.2, 0.25) is 5.91 Å². The average Bonchev–Trinajstić information content (AvgIpc) is 2.42. The topological polar surface area (TPSA) is 79.1 Å². The summed E-state index contributed by atoms with van der Waals surface area (Å²) in [5.41, 5.74) is 3.87. The van der Waals surface area contributed by atoms with Crippen LogP contribution in [0.5, 0.6) is 0 Å². The van der Waals surface area contributed by atoms with E-state index in [1.165, 1.54) is 12.5 Å². The Kier molecular flexibility index (Phi) is 4.39. The Morgan fingerprint density at radius 3 is 2.71 bits per heavy atom. The molecule has 0 atom stereocenters. The fourth-order valence-corrected chi connectivity index (χ4v) is 2.35. The maximum absolute atomic E-state index is 10.8. The zero-order valence-corrected chi connectivity index (χ0v) is 12.5. The molecule has 1 amide bonds. The minimum absolute atomic E-state index is 0.0638. The van der Waals surface area contributed by atoms with Gasteiger partial charge in [-0.05, 0) is 37.1 Å². The number of amides is 1. The van der Waals surface area contributed by atoms with E-state index in [9.17, 15) is 10.1 Å². The van der Waals surface area contributed by atoms with E-state index in [4.69, 9.17) is 0 Å². The van der Waals surface area contributed by atoms with Crippen LogP contribution in [0.4, 0.5) is 5.82 Å². The number of carbonyl (C=O) groups excluding carboxylic acids is 1. The number of aromatic nitrogens is 1. The number of nitrogens with one attached hydrogen (secondary N) is 3. The van der Waals surface area contributed by atoms with Crippen molar-refractivity contribution in [3.05, 3.63) is 34.9 Å². The fourth-order valence-electron chi connectivity index (χ4n) is 2.35. The molecular formula is C16H19N4O+. The Morgan fingerprint density at radius 1 is 1.29 bits per heavy atom. The number of fused-ring (bicyclic) bond motifs is 1. The van der Waals surface area contributed by atoms with Crippen molar-refractivity contribution in [2.75, 3.05) is 18.4 Å². The van der Waals surface area contributed by atoms with E-state index in [0.29, 0.717) is 24.5 Å². The zero-order chi connectivity index (χ0) is 15.4. The van der Waals surface area contributed by atoms with Gasteiger partial charge in [0.05, 0.1) is 6.54 Å². The molecule has 5 nitrogen and oxygen atoms in total. The number of benzene rings is 1. The zero-order valence-electron chi connectivity index (χ0n) is 12.5. The first kappa shape index (κ1) is 14.8. The number of anilines is 1. The Labute approximate surface area is 124 Å². The number of nitriles is 1. The molecule has 0 bridgehead atoms. The van der Waals surface area contributed by atoms with Crippen LogP contribution in [0, 0.1) is 25.2 Å². The second-order valence-corrected chi connectivity index (χ2v) is 5.12. The van der Waals surface area contributed by atoms with Crippen molar-refractivity contribution in [2.45, 2.75) is 20.8 Å². The van der Waals surface area contributed by atoms with E-state index in [1.807, 2.05) is 19.9 Å². The SMILES string of the molecule is CC(=O)NCCNc1[nH+]c2cc(C)cc(C)c2cc1C#N. The van der Waals surface area contributed by atoms with Gasteiger partial charge in [0.15, 0.2) is 0 Å². The van der Waals surface area contributed by atoms with Crippen LogP contribution in [0.2, 0.25) is 0 Å². The predicted molar refractivity (Wildman–Crippen MR) is 81.9 cm³/mol. The summed E-state index contributed by atoms with van der Waals surface area (Å²) in [7, 11) is 0. The summed E-state index contributed by atoms with van der Waals surface area (Å²) < 4.78 is 0. The normalized spacial score (nSPS) is 10.2. The summed E-state index contributed by atoms with van der Waals surface area (Å²) in [5.74, 6) is 0.617. The van der Waals surface area contributed by atoms with Crippen LogP contribution in [0.15, 0.2) is 18.2 Å². The molecule has 0 aliphatic carbocycles. The molecule has 1 aromatic heterocycles. The van der Waals surface area contributed by atoms with Gasteiger partial charge in [-0.25, -0.2) is 4.98 Å². The molecule has 0 fully saturated rings. The third-order valence-electron chi connectivity index (χ3n) is 3.27. The van der Waals surface area contributed by atoms with Gasteiger partial charge in [-0.1, -0.05) is 6.07 Å². The highest BCUT2D eigenvalue weighted by Gasteiger charge is 2.13. The molecule has 5 heteroatoms. The Hall–Kier alpha value is -2.61. The predicted octanol–water partition coefficient (Wildman–Crippen LogP) is 1.69. The van der Waals surface area contributed by atoms with Gasteiger partial charge in [-0.2, -0.15) is 5.26 Å². The molecule has 1 heterocycles. The highest BCUT2D eigenvalue weighted by Crippen LogP contribution is 2.21. The Bertz CT molecular complexity index is 731. The molecular weight excluding hydrogens is 264 g/mol. The standard InChI is InChI=1S/C16H18N4O/c1-10-6-11(2)14-8-13(9-17)16(20-15(14)7-10)19-5-4-18-12(3)21/h6-8H,4-5H2,1-3H3,(H,18,21)(H,19,20)/p+1. The van der Waals surface area contributed by atoms with Gasteiger partial charge < -0.3 is 5.32 Å². The fraction of sp³-hybridized carbons (Fsp3) is 0.312. The van der Waals surface area contributed by atoms with Crippen LogP contribution in [0.1, 0.15) is 23.6 Å². The second-order valence-electron chi connectivity index (χ2n) is 5.12. The molecule has 1 aromatic carbocycles. The number of hydrogen-bond donors (Lipinski definition) is 2. The van der Waals surface area contributed by atoms with Crippen molar-refractivity contribution in [3.8, 4) is 6.07 Å². The lowest BCUT2D eigenvalue weighted by Gasteiger charge is -2.06. The number of rotatable bonds is 4. The molecule has 2 aromatic rings. The highest BCUT2D eigenvalue weighted by atomic mass is 16.1. The highest BCUT2D eigenvalue weighted by molar-refractivity contribution is 5.82. The van der Waals surface area contributed by atoms with E-state index in [1.54, 1.807) is 0 Å². The van der Waals surface area contributed by atoms with Crippen molar-refractivity contribution < 1.29 is 9.78 Å². The molecule has 2 rings (SSSR count). The van der Waals surface area contributed by atoms with Gasteiger partial charge in [0.1, 0.15) is 23.7 Å². The molecule has 0 saturated heterocycles. The van der Waals surface area contributed by atoms with Crippen LogP contribution in [0.25, 0.3) is 10.9 Å². The number of aryl methyl sites for hydroxylation is 2. The molecule has 0 spiro atoms. The molecule has 0 aliphatic heterocycles. The minimum Gasteiger partial charge on any atom is -0.352 e. The maximum Gasteiger partial charge on any atom is 0.290 e. The third-order valence-corrected chi connectivity index (χ3v) is 3.27. The summed E-state index contributed by atoms with van der Waals surface area (Å²) >= 11 is 0. The first-order chi connectivity index (χ1) is 10.0. The summed E-state index contributed by atoms with van der Waals surface area (Å²) in [5, 5.41) is 16.2. The molecule has 0 aliphatic rings. The van der Waals surface area contributed by atoms with Crippen molar-refractivity contribution in [1.29, 1.82) is 5.26 Å². The van der Waals surface area contributed by atoms with Gasteiger partial charge in [0.25, 0.3) is 5.82 Å². The van der Waals surface area contributed by atoms with Crippen LogP contribution in [-0.2, 0) is 4.79 Å². The van der Waals surface area contributed by atoms with E-state index in [2.05, 4.69) is 33.8 Å². The van der Waals surface area contributed by atoms with E-state index in [-0.39, 0.29) is 5.91 Å². The largest absolute Gasteiger partial charge is 0.352 e. The van der Waals surface area contributed by atoms with Crippen LogP contribution >= 0.6 is 0 Å². The smallest absolute Gasteiger partial charge is 0.290 e. The third kappa shape index (κ3) is 3.48. The average molecular weight is 283 g/mol. The van der Waals surface area contributed by atoms with Crippen LogP contribution < -0.4 is 15.6 Å². The molecule has 0 unspecified atom stereocenters. The van der Waals surface area contributed by atoms with E-state index in [0.717, 1.165) is 16.5 Å². The Balaban J connectivity index is 2.30. The van der Waals surface area contributed by atoms with Crippen LogP contribution in [-0.4, -0.2) is 19.0 Å². The number of aromatic amines is 1. The molecule has 3 N–H and O–H groups in total. The number of hydrogen-bond acceptors (Lipinski definition) is 3. The number of H-pyrrole nitrogens is 1. The van der Waals surface area contributed by atoms with Crippen LogP contribution in [0.3, 0.4) is 0 Å². The van der Waals surface area contributed by atoms with Crippen molar-refractivity contribution >= 4 is 22.6 Å². The monoisotopic (exact) mass is 283 g/mol. The first-order valence-corrected chi connectivity index (χ1v) is 6.87. The van der Waals surface area contributed by atoms with Crippen molar-refractivity contribution in [3.63, 3.8) is 0 Å². The summed E-state index contributed by atoms with van der Waals surface area (Å²) in [6.07, 6.45) is 0.